The molecule has 0 unspecified atom stereocenters. The van der Waals surface area contributed by atoms with Gasteiger partial charge in [-0.3, -0.25) is 4.79 Å². The number of carbonyl (C=O) groups is 1. The Kier molecular flexibility index (Phi) is 10.7. The first-order valence-corrected chi connectivity index (χ1v) is 9.53. The summed E-state index contributed by atoms with van der Waals surface area (Å²) in [4.78, 5) is 10.4. The molecule has 0 spiro atoms. The van der Waals surface area contributed by atoms with Crippen molar-refractivity contribution in [3.05, 3.63) is 24.3 Å². The van der Waals surface area contributed by atoms with Crippen molar-refractivity contribution < 1.29 is 25.2 Å². The Bertz CT molecular complexity index is 432. The van der Waals surface area contributed by atoms with Gasteiger partial charge >= 0.3 is 5.97 Å². The topological polar surface area (TPSA) is 98.0 Å². The minimum atomic E-state index is -0.755. The maximum absolute atomic E-state index is 10.4. The third-order valence-electron chi connectivity index (χ3n) is 5.01. The second-order valence-electron chi connectivity index (χ2n) is 7.01. The predicted molar refractivity (Wildman–Crippen MR) is 98.1 cm³/mol. The van der Waals surface area contributed by atoms with Gasteiger partial charge in [0.05, 0.1) is 18.3 Å². The summed E-state index contributed by atoms with van der Waals surface area (Å²) >= 11 is 0. The molecule has 0 amide bonds. The number of hydrogen-bond acceptors (Lipinski definition) is 4. The molecule has 5 heteroatoms. The number of carboxylic acids is 1. The van der Waals surface area contributed by atoms with E-state index >= 15 is 0 Å². The molecule has 1 rings (SSSR count). The van der Waals surface area contributed by atoms with E-state index in [1.165, 1.54) is 0 Å². The van der Waals surface area contributed by atoms with Crippen LogP contribution >= 0.6 is 0 Å². The number of aliphatic hydroxyl groups excluding tert-OH is 3. The maximum atomic E-state index is 10.4. The van der Waals surface area contributed by atoms with Gasteiger partial charge in [-0.25, -0.2) is 0 Å². The Hall–Kier alpha value is -1.17. The Labute approximate surface area is 151 Å². The van der Waals surface area contributed by atoms with Crippen molar-refractivity contribution in [3.8, 4) is 0 Å². The lowest BCUT2D eigenvalue weighted by molar-refractivity contribution is -0.137. The molecule has 1 fully saturated rings. The number of unbranched alkanes of at least 4 members (excludes halogenated alkanes) is 2. The summed E-state index contributed by atoms with van der Waals surface area (Å²) in [7, 11) is 0. The Morgan fingerprint density at radius 3 is 2.48 bits per heavy atom. The van der Waals surface area contributed by atoms with Crippen molar-refractivity contribution in [2.24, 2.45) is 11.8 Å². The van der Waals surface area contributed by atoms with Gasteiger partial charge in [0.25, 0.3) is 0 Å². The molecule has 25 heavy (non-hydrogen) atoms. The van der Waals surface area contributed by atoms with Crippen LogP contribution in [-0.2, 0) is 4.79 Å². The van der Waals surface area contributed by atoms with Gasteiger partial charge in [0.1, 0.15) is 0 Å². The molecule has 4 N–H and O–H groups in total. The standard InChI is InChI=1S/C20H34O5/c1-2-15(21)12-13-17-16(18(22)14-19(17)23)10-8-6-4-3-5-7-9-11-20(24)25/h3,5,8,10,15-19,21-23H,2,4,6-7,9,11-14H2,1H3,(H,24,25)/b5-3-,10-8+/t15-,16+,17-,18+,19-/m1/s1. The van der Waals surface area contributed by atoms with Gasteiger partial charge in [-0.05, 0) is 50.9 Å². The molecule has 0 bridgehead atoms. The average molecular weight is 354 g/mol. The molecule has 1 aliphatic rings. The number of carboxylic acid groups (broad SMARTS) is 1. The zero-order chi connectivity index (χ0) is 18.7. The summed E-state index contributed by atoms with van der Waals surface area (Å²) in [5, 5.41) is 38.6. The minimum Gasteiger partial charge on any atom is -0.481 e. The summed E-state index contributed by atoms with van der Waals surface area (Å²) in [5.74, 6) is -0.785. The van der Waals surface area contributed by atoms with E-state index in [9.17, 15) is 20.1 Å². The normalized spacial score (nSPS) is 28.2. The van der Waals surface area contributed by atoms with Crippen molar-refractivity contribution in [2.75, 3.05) is 0 Å². The molecule has 5 atom stereocenters. The van der Waals surface area contributed by atoms with E-state index in [0.29, 0.717) is 25.7 Å². The molecule has 0 aromatic heterocycles. The van der Waals surface area contributed by atoms with Crippen LogP contribution in [0.3, 0.4) is 0 Å². The molecular weight excluding hydrogens is 320 g/mol. The molecule has 0 radical (unpaired) electrons. The van der Waals surface area contributed by atoms with E-state index in [1.54, 1.807) is 0 Å². The summed E-state index contributed by atoms with van der Waals surface area (Å²) in [6.45, 7) is 1.94. The van der Waals surface area contributed by atoms with Crippen molar-refractivity contribution in [3.63, 3.8) is 0 Å². The molecule has 0 aromatic rings. The first-order chi connectivity index (χ1) is 12.0. The summed E-state index contributed by atoms with van der Waals surface area (Å²) < 4.78 is 0. The van der Waals surface area contributed by atoms with Crippen LogP contribution in [0.15, 0.2) is 24.3 Å². The number of hydrogen-bond donors (Lipinski definition) is 4. The van der Waals surface area contributed by atoms with Crippen LogP contribution in [0.5, 0.6) is 0 Å². The minimum absolute atomic E-state index is 0.0130. The molecule has 1 saturated carbocycles. The molecule has 5 nitrogen and oxygen atoms in total. The van der Waals surface area contributed by atoms with E-state index in [0.717, 1.165) is 25.7 Å². The average Bonchev–Trinajstić information content (AvgIpc) is 2.84. The maximum Gasteiger partial charge on any atom is 0.303 e. The number of aliphatic hydroxyl groups is 3. The highest BCUT2D eigenvalue weighted by molar-refractivity contribution is 5.66. The van der Waals surface area contributed by atoms with Gasteiger partial charge in [-0.15, -0.1) is 0 Å². The van der Waals surface area contributed by atoms with Crippen molar-refractivity contribution in [1.82, 2.24) is 0 Å². The van der Waals surface area contributed by atoms with Gasteiger partial charge in [0, 0.05) is 18.8 Å². The van der Waals surface area contributed by atoms with Gasteiger partial charge in [-0.1, -0.05) is 31.2 Å². The van der Waals surface area contributed by atoms with Crippen LogP contribution < -0.4 is 0 Å². The number of rotatable bonds is 12. The summed E-state index contributed by atoms with van der Waals surface area (Å²) in [6.07, 6.45) is 12.7. The van der Waals surface area contributed by atoms with Crippen molar-refractivity contribution >= 4 is 5.97 Å². The molecular formula is C20H34O5. The van der Waals surface area contributed by atoms with Gasteiger partial charge in [0.15, 0.2) is 0 Å². The molecule has 0 aromatic carbocycles. The zero-order valence-corrected chi connectivity index (χ0v) is 15.3. The van der Waals surface area contributed by atoms with Crippen LogP contribution in [0.25, 0.3) is 0 Å². The van der Waals surface area contributed by atoms with E-state index in [2.05, 4.69) is 12.2 Å². The lowest BCUT2D eigenvalue weighted by atomic mass is 9.87. The molecule has 144 valence electrons. The fourth-order valence-corrected chi connectivity index (χ4v) is 3.42. The van der Waals surface area contributed by atoms with Crippen LogP contribution in [0.1, 0.15) is 64.7 Å². The first kappa shape index (κ1) is 21.9. The largest absolute Gasteiger partial charge is 0.481 e. The second-order valence-corrected chi connectivity index (χ2v) is 7.01. The smallest absolute Gasteiger partial charge is 0.303 e. The summed E-state index contributed by atoms with van der Waals surface area (Å²) in [6, 6.07) is 0. The van der Waals surface area contributed by atoms with Crippen LogP contribution in [0, 0.1) is 11.8 Å². The first-order valence-electron chi connectivity index (χ1n) is 9.53. The highest BCUT2D eigenvalue weighted by atomic mass is 16.4. The van der Waals surface area contributed by atoms with Crippen LogP contribution in [-0.4, -0.2) is 44.7 Å². The van der Waals surface area contributed by atoms with E-state index in [-0.39, 0.29) is 24.4 Å². The lowest BCUT2D eigenvalue weighted by Crippen LogP contribution is -2.22. The van der Waals surface area contributed by atoms with E-state index < -0.39 is 18.2 Å². The van der Waals surface area contributed by atoms with Gasteiger partial charge in [-0.2, -0.15) is 0 Å². The fourth-order valence-electron chi connectivity index (χ4n) is 3.42. The molecule has 0 heterocycles. The Balaban J connectivity index is 2.32. The molecule has 1 aliphatic carbocycles. The third-order valence-corrected chi connectivity index (χ3v) is 5.01. The van der Waals surface area contributed by atoms with Crippen molar-refractivity contribution in [2.45, 2.75) is 83.0 Å². The van der Waals surface area contributed by atoms with Crippen LogP contribution in [0.2, 0.25) is 0 Å². The molecule has 0 saturated heterocycles. The number of aliphatic carboxylic acids is 1. The van der Waals surface area contributed by atoms with Gasteiger partial charge in [0.2, 0.25) is 0 Å². The zero-order valence-electron chi connectivity index (χ0n) is 15.3. The Morgan fingerprint density at radius 2 is 1.80 bits per heavy atom. The number of allylic oxidation sites excluding steroid dienone is 3. The predicted octanol–water partition coefficient (Wildman–Crippen LogP) is 3.04. The SMILES string of the molecule is CC[C@@H](O)CC[C@@H]1[C@H](/C=C/CC/C=C\CCCC(=O)O)[C@@H](O)C[C@H]1O. The molecule has 0 aliphatic heterocycles. The van der Waals surface area contributed by atoms with E-state index in [1.807, 2.05) is 19.1 Å². The Morgan fingerprint density at radius 1 is 1.12 bits per heavy atom. The van der Waals surface area contributed by atoms with Gasteiger partial charge < -0.3 is 20.4 Å². The highest BCUT2D eigenvalue weighted by Crippen LogP contribution is 2.37. The summed E-state index contributed by atoms with van der Waals surface area (Å²) in [5.41, 5.74) is 0. The fraction of sp³-hybridized carbons (Fsp3) is 0.750. The van der Waals surface area contributed by atoms with Crippen LogP contribution in [0.4, 0.5) is 0 Å². The van der Waals surface area contributed by atoms with Crippen molar-refractivity contribution in [1.29, 1.82) is 0 Å². The third kappa shape index (κ3) is 8.66. The monoisotopic (exact) mass is 354 g/mol. The second kappa shape index (κ2) is 12.2. The van der Waals surface area contributed by atoms with E-state index in [4.69, 9.17) is 5.11 Å². The highest BCUT2D eigenvalue weighted by Gasteiger charge is 2.39. The quantitative estimate of drug-likeness (QED) is 0.319. The lowest BCUT2D eigenvalue weighted by Gasteiger charge is -2.21.